The van der Waals surface area contributed by atoms with Crippen molar-refractivity contribution in [3.63, 3.8) is 0 Å². The van der Waals surface area contributed by atoms with E-state index in [9.17, 15) is 14.0 Å². The lowest BCUT2D eigenvalue weighted by atomic mass is 10.1. The molecule has 32 heavy (non-hydrogen) atoms. The van der Waals surface area contributed by atoms with E-state index in [-0.39, 0.29) is 11.5 Å². The molecule has 0 radical (unpaired) electrons. The second kappa shape index (κ2) is 7.46. The highest BCUT2D eigenvalue weighted by molar-refractivity contribution is 6.32. The van der Waals surface area contributed by atoms with E-state index < -0.39 is 5.82 Å². The quantitative estimate of drug-likeness (QED) is 0.488. The van der Waals surface area contributed by atoms with E-state index in [1.54, 1.807) is 19.9 Å². The van der Waals surface area contributed by atoms with Crippen molar-refractivity contribution in [2.45, 2.75) is 13.8 Å². The minimum Gasteiger partial charge on any atom is -0.295 e. The van der Waals surface area contributed by atoms with Crippen LogP contribution in [-0.2, 0) is 4.79 Å². The number of nitrogens with zero attached hydrogens (tertiary/aromatic N) is 3. The number of halogens is 1. The molecule has 0 fully saturated rings. The van der Waals surface area contributed by atoms with Gasteiger partial charge in [-0.1, -0.05) is 36.4 Å². The van der Waals surface area contributed by atoms with Crippen LogP contribution < -0.4 is 10.6 Å². The monoisotopic (exact) mass is 426 g/mol. The Hall–Kier alpha value is -4.26. The van der Waals surface area contributed by atoms with Crippen molar-refractivity contribution < 1.29 is 9.18 Å². The number of aromatic nitrogens is 2. The molecule has 7 heteroatoms. The second-order valence-electron chi connectivity index (χ2n) is 7.63. The van der Waals surface area contributed by atoms with Crippen LogP contribution in [0.4, 0.5) is 10.1 Å². The molecule has 6 nitrogen and oxygen atoms in total. The van der Waals surface area contributed by atoms with Crippen LogP contribution in [0.5, 0.6) is 0 Å². The number of rotatable bonds is 3. The van der Waals surface area contributed by atoms with E-state index in [4.69, 9.17) is 0 Å². The molecular weight excluding hydrogens is 407 g/mol. The summed E-state index contributed by atoms with van der Waals surface area (Å²) in [4.78, 5) is 26.3. The van der Waals surface area contributed by atoms with Gasteiger partial charge in [-0.15, -0.1) is 0 Å². The van der Waals surface area contributed by atoms with E-state index >= 15 is 0 Å². The largest absolute Gasteiger partial charge is 0.295 e. The average Bonchev–Trinajstić information content (AvgIpc) is 3.24. The van der Waals surface area contributed by atoms with Gasteiger partial charge in [0.2, 0.25) is 0 Å². The summed E-state index contributed by atoms with van der Waals surface area (Å²) in [6.07, 6.45) is 1.57. The fourth-order valence-electron chi connectivity index (χ4n) is 3.89. The molecule has 1 amide bonds. The summed E-state index contributed by atoms with van der Waals surface area (Å²) in [6, 6.07) is 19.1. The van der Waals surface area contributed by atoms with E-state index in [0.29, 0.717) is 28.2 Å². The van der Waals surface area contributed by atoms with Crippen LogP contribution in [0.25, 0.3) is 22.5 Å². The lowest BCUT2D eigenvalue weighted by Gasteiger charge is -2.11. The van der Waals surface area contributed by atoms with Gasteiger partial charge in [-0.3, -0.25) is 14.7 Å². The summed E-state index contributed by atoms with van der Waals surface area (Å²) in [7, 11) is 0. The molecule has 1 aliphatic heterocycles. The zero-order valence-corrected chi connectivity index (χ0v) is 17.5. The van der Waals surface area contributed by atoms with Crippen LogP contribution in [0.15, 0.2) is 82.2 Å². The topological polar surface area (TPSA) is 70.5 Å². The Morgan fingerprint density at radius 1 is 0.938 bits per heavy atom. The highest BCUT2D eigenvalue weighted by Crippen LogP contribution is 2.26. The lowest BCUT2D eigenvalue weighted by Crippen LogP contribution is -2.22. The molecule has 4 aromatic rings. The van der Waals surface area contributed by atoms with Crippen LogP contribution >= 0.6 is 0 Å². The molecule has 0 saturated heterocycles. The van der Waals surface area contributed by atoms with Crippen molar-refractivity contribution >= 4 is 34.2 Å². The second-order valence-corrected chi connectivity index (χ2v) is 7.63. The van der Waals surface area contributed by atoms with Crippen molar-refractivity contribution in [1.29, 1.82) is 0 Å². The number of carbonyl (C=O) groups is 1. The number of benzene rings is 3. The van der Waals surface area contributed by atoms with Crippen molar-refractivity contribution in [3.8, 4) is 5.69 Å². The first kappa shape index (κ1) is 19.7. The molecule has 2 heterocycles. The standard InChI is InChI=1S/C25H19FN4O2/c1-15-21(24(31)29(27-15)19-12-10-18(26)11-13-19)14-22-16(2)28-30(25(22)32)23-9-5-7-17-6-3-4-8-20(17)23/h3-14,28H,1-2H3/b21-14+. The van der Waals surface area contributed by atoms with Crippen LogP contribution in [0.2, 0.25) is 0 Å². The third kappa shape index (κ3) is 3.15. The Bertz CT molecular complexity index is 1490. The first-order valence-corrected chi connectivity index (χ1v) is 10.1. The summed E-state index contributed by atoms with van der Waals surface area (Å²) in [5.74, 6) is -0.764. The highest BCUT2D eigenvalue weighted by atomic mass is 19.1. The van der Waals surface area contributed by atoms with Gasteiger partial charge in [0.1, 0.15) is 5.82 Å². The van der Waals surface area contributed by atoms with Gasteiger partial charge in [-0.2, -0.15) is 10.1 Å². The number of fused-ring (bicyclic) bond motifs is 1. The zero-order valence-electron chi connectivity index (χ0n) is 17.5. The van der Waals surface area contributed by atoms with Crippen molar-refractivity contribution in [3.05, 3.63) is 99.7 Å². The maximum absolute atomic E-state index is 13.3. The molecule has 1 aromatic heterocycles. The van der Waals surface area contributed by atoms with Gasteiger partial charge in [0, 0.05) is 11.1 Å². The van der Waals surface area contributed by atoms with E-state index in [2.05, 4.69) is 10.2 Å². The number of nitrogens with one attached hydrogen (secondary N) is 1. The SMILES string of the molecule is CC1=NN(c2ccc(F)cc2)C(=O)/C1=C/c1c(C)[nH]n(-c2cccc3ccccc23)c1=O. The number of amides is 1. The Morgan fingerprint density at radius 3 is 2.44 bits per heavy atom. The maximum atomic E-state index is 13.3. The number of aryl methyl sites for hydroxylation is 1. The molecule has 0 atom stereocenters. The molecule has 0 aliphatic carbocycles. The van der Waals surface area contributed by atoms with Gasteiger partial charge in [0.15, 0.2) is 0 Å². The number of aromatic amines is 1. The number of anilines is 1. The molecule has 1 aliphatic rings. The van der Waals surface area contributed by atoms with Gasteiger partial charge in [0.25, 0.3) is 11.5 Å². The van der Waals surface area contributed by atoms with Gasteiger partial charge < -0.3 is 0 Å². The fourth-order valence-corrected chi connectivity index (χ4v) is 3.89. The third-order valence-corrected chi connectivity index (χ3v) is 5.55. The minimum absolute atomic E-state index is 0.257. The number of hydrazone groups is 1. The van der Waals surface area contributed by atoms with Crippen LogP contribution in [-0.4, -0.2) is 21.4 Å². The van der Waals surface area contributed by atoms with E-state index in [0.717, 1.165) is 16.5 Å². The average molecular weight is 426 g/mol. The summed E-state index contributed by atoms with van der Waals surface area (Å²) < 4.78 is 14.7. The third-order valence-electron chi connectivity index (χ3n) is 5.55. The smallest absolute Gasteiger partial charge is 0.280 e. The summed E-state index contributed by atoms with van der Waals surface area (Å²) in [6.45, 7) is 3.50. The van der Waals surface area contributed by atoms with Crippen molar-refractivity contribution in [1.82, 2.24) is 9.78 Å². The van der Waals surface area contributed by atoms with Crippen LogP contribution in [0, 0.1) is 12.7 Å². The first-order valence-electron chi connectivity index (χ1n) is 10.1. The predicted molar refractivity (Wildman–Crippen MR) is 124 cm³/mol. The molecule has 3 aromatic carbocycles. The molecule has 1 N–H and O–H groups in total. The Kier molecular flexibility index (Phi) is 4.59. The van der Waals surface area contributed by atoms with E-state index in [1.165, 1.54) is 34.0 Å². The Labute approximate surface area is 182 Å². The predicted octanol–water partition coefficient (Wildman–Crippen LogP) is 4.57. The molecule has 0 unspecified atom stereocenters. The highest BCUT2D eigenvalue weighted by Gasteiger charge is 2.29. The summed E-state index contributed by atoms with van der Waals surface area (Å²) in [5.41, 5.74) is 2.75. The zero-order chi connectivity index (χ0) is 22.4. The van der Waals surface area contributed by atoms with Crippen LogP contribution in [0.1, 0.15) is 18.2 Å². The molecule has 5 rings (SSSR count). The van der Waals surface area contributed by atoms with E-state index in [1.807, 2.05) is 42.5 Å². The van der Waals surface area contributed by atoms with Gasteiger partial charge >= 0.3 is 0 Å². The Morgan fingerprint density at radius 2 is 1.66 bits per heavy atom. The Balaban J connectivity index is 1.58. The van der Waals surface area contributed by atoms with Crippen LogP contribution in [0.3, 0.4) is 0 Å². The lowest BCUT2D eigenvalue weighted by molar-refractivity contribution is -0.114. The molecule has 158 valence electrons. The summed E-state index contributed by atoms with van der Waals surface area (Å²) >= 11 is 0. The normalized spacial score (nSPS) is 15.1. The van der Waals surface area contributed by atoms with Crippen molar-refractivity contribution in [2.24, 2.45) is 5.10 Å². The number of carbonyl (C=O) groups excluding carboxylic acids is 1. The number of hydrogen-bond donors (Lipinski definition) is 1. The fraction of sp³-hybridized carbons (Fsp3) is 0.0800. The first-order chi connectivity index (χ1) is 15.4. The summed E-state index contributed by atoms with van der Waals surface area (Å²) in [5, 5.41) is 10.6. The van der Waals surface area contributed by atoms with Gasteiger partial charge in [-0.25, -0.2) is 9.07 Å². The number of hydrogen-bond acceptors (Lipinski definition) is 3. The minimum atomic E-state index is -0.395. The number of H-pyrrole nitrogens is 1. The van der Waals surface area contributed by atoms with Crippen molar-refractivity contribution in [2.75, 3.05) is 5.01 Å². The van der Waals surface area contributed by atoms with Gasteiger partial charge in [0.05, 0.1) is 28.2 Å². The molecule has 0 spiro atoms. The molecule has 0 bridgehead atoms. The maximum Gasteiger partial charge on any atom is 0.280 e. The van der Waals surface area contributed by atoms with Gasteiger partial charge in [-0.05, 0) is 55.6 Å². The molecular formula is C25H19FN4O2. The molecule has 0 saturated carbocycles.